The van der Waals surface area contributed by atoms with Crippen LogP contribution >= 0.6 is 0 Å². The molecule has 4 aromatic rings. The summed E-state index contributed by atoms with van der Waals surface area (Å²) >= 11 is 0. The molecule has 6 heteroatoms. The van der Waals surface area contributed by atoms with Gasteiger partial charge in [0.1, 0.15) is 46.8 Å². The summed E-state index contributed by atoms with van der Waals surface area (Å²) in [6, 6.07) is 27.9. The summed E-state index contributed by atoms with van der Waals surface area (Å²) < 4.78 is 44.6. The van der Waals surface area contributed by atoms with E-state index in [1.165, 1.54) is 31.0 Å². The van der Waals surface area contributed by atoms with Crippen LogP contribution in [0.4, 0.5) is 8.78 Å². The zero-order chi connectivity index (χ0) is 30.1. The molecule has 4 nitrogen and oxygen atoms in total. The molecule has 5 rings (SSSR count). The normalized spacial score (nSPS) is 14.1. The van der Waals surface area contributed by atoms with Crippen molar-refractivity contribution in [2.75, 3.05) is 6.61 Å². The van der Waals surface area contributed by atoms with E-state index in [0.717, 1.165) is 23.1 Å². The molecular formula is C36H40F2O4. The molecule has 0 saturated heterocycles. The van der Waals surface area contributed by atoms with Crippen molar-refractivity contribution in [3.63, 3.8) is 0 Å². The summed E-state index contributed by atoms with van der Waals surface area (Å²) in [4.78, 5) is 0. The summed E-state index contributed by atoms with van der Waals surface area (Å²) in [5.74, 6) is 2.35. The van der Waals surface area contributed by atoms with Crippen LogP contribution in [0.15, 0.2) is 97.1 Å². The van der Waals surface area contributed by atoms with E-state index in [9.17, 15) is 13.9 Å². The van der Waals surface area contributed by atoms with Gasteiger partial charge in [0.15, 0.2) is 0 Å². The summed E-state index contributed by atoms with van der Waals surface area (Å²) in [6.45, 7) is 8.85. The third-order valence-corrected chi connectivity index (χ3v) is 6.98. The third-order valence-electron chi connectivity index (χ3n) is 6.98. The highest BCUT2D eigenvalue weighted by Gasteiger charge is 2.26. The highest BCUT2D eigenvalue weighted by molar-refractivity contribution is 5.38. The minimum absolute atomic E-state index is 0.0744. The van der Waals surface area contributed by atoms with Gasteiger partial charge in [-0.1, -0.05) is 64.1 Å². The summed E-state index contributed by atoms with van der Waals surface area (Å²) in [5.41, 5.74) is 1.51. The van der Waals surface area contributed by atoms with Crippen LogP contribution in [-0.2, 0) is 0 Å². The molecule has 0 heterocycles. The van der Waals surface area contributed by atoms with Gasteiger partial charge in [-0.25, -0.2) is 8.78 Å². The van der Waals surface area contributed by atoms with E-state index in [4.69, 9.17) is 14.2 Å². The maximum atomic E-state index is 13.7. The molecule has 1 aliphatic rings. The number of ether oxygens (including phenoxy) is 3. The smallest absolute Gasteiger partial charge is 0.130 e. The fraction of sp³-hybridized carbons (Fsp3) is 0.333. The van der Waals surface area contributed by atoms with Gasteiger partial charge in [-0.15, -0.1) is 0 Å². The molecule has 4 aromatic carbocycles. The van der Waals surface area contributed by atoms with Crippen LogP contribution in [-0.4, -0.2) is 11.7 Å². The zero-order valence-corrected chi connectivity index (χ0v) is 24.7. The number of rotatable bonds is 11. The van der Waals surface area contributed by atoms with Crippen molar-refractivity contribution in [3.05, 3.63) is 120 Å². The lowest BCUT2D eigenvalue weighted by Crippen LogP contribution is -2.16. The molecule has 2 atom stereocenters. The number of phenolic OH excluding ortho intramolecular Hbond substituents is 1. The maximum Gasteiger partial charge on any atom is 0.130 e. The minimum Gasteiger partial charge on any atom is -0.507 e. The van der Waals surface area contributed by atoms with Crippen molar-refractivity contribution in [3.8, 4) is 23.0 Å². The Hall–Kier alpha value is -4.06. The topological polar surface area (TPSA) is 47.9 Å². The van der Waals surface area contributed by atoms with Crippen LogP contribution in [0.25, 0.3) is 0 Å². The summed E-state index contributed by atoms with van der Waals surface area (Å²) in [6.07, 6.45) is 1.92. The predicted molar refractivity (Wildman–Crippen MR) is 162 cm³/mol. The molecule has 42 heavy (non-hydrogen) atoms. The lowest BCUT2D eigenvalue weighted by Gasteiger charge is -2.25. The lowest BCUT2D eigenvalue weighted by molar-refractivity contribution is 0.147. The molecule has 0 spiro atoms. The Morgan fingerprint density at radius 3 is 1.62 bits per heavy atom. The molecule has 1 aliphatic carbocycles. The zero-order valence-electron chi connectivity index (χ0n) is 24.7. The van der Waals surface area contributed by atoms with Gasteiger partial charge in [-0.05, 0) is 79.1 Å². The van der Waals surface area contributed by atoms with E-state index in [-0.39, 0.29) is 35.6 Å². The highest BCUT2D eigenvalue weighted by atomic mass is 19.1. The van der Waals surface area contributed by atoms with Crippen molar-refractivity contribution in [1.82, 2.24) is 0 Å². The predicted octanol–water partition coefficient (Wildman–Crippen LogP) is 9.70. The van der Waals surface area contributed by atoms with Crippen molar-refractivity contribution in [2.24, 2.45) is 17.8 Å². The second-order valence-electron chi connectivity index (χ2n) is 11.3. The first-order valence-electron chi connectivity index (χ1n) is 14.5. The molecule has 0 amide bonds. The number of hydrogen-bond acceptors (Lipinski definition) is 4. The van der Waals surface area contributed by atoms with E-state index < -0.39 is 5.82 Å². The standard InChI is InChI=1S/C20H23FO2.C16H17FO2/c1-14(2)20(23-17-6-4-3-5-7-17)18-11-10-16(21)12-19(18)22-13-15-8-9-15;1-11(2)16(19-13-6-4-3-5-7-13)14-9-8-12(17)10-15(14)18/h3-7,10-12,14-15,20H,8-9,13H2,1-2H3;3-11,16,18H,1-2H3/t20-;16-/m00/s1. The molecule has 0 aromatic heterocycles. The number of aromatic hydroxyl groups is 1. The Kier molecular flexibility index (Phi) is 10.8. The van der Waals surface area contributed by atoms with Crippen molar-refractivity contribution >= 4 is 0 Å². The first-order valence-corrected chi connectivity index (χ1v) is 14.5. The fourth-order valence-electron chi connectivity index (χ4n) is 4.53. The van der Waals surface area contributed by atoms with Gasteiger partial charge < -0.3 is 19.3 Å². The number of halogens is 2. The fourth-order valence-corrected chi connectivity index (χ4v) is 4.53. The molecule has 1 N–H and O–H groups in total. The van der Waals surface area contributed by atoms with E-state index in [2.05, 4.69) is 13.8 Å². The van der Waals surface area contributed by atoms with Crippen LogP contribution in [0.3, 0.4) is 0 Å². The first kappa shape index (κ1) is 30.9. The molecule has 0 unspecified atom stereocenters. The quantitative estimate of drug-likeness (QED) is 0.194. The second-order valence-corrected chi connectivity index (χ2v) is 11.3. The van der Waals surface area contributed by atoms with Gasteiger partial charge in [-0.3, -0.25) is 0 Å². The highest BCUT2D eigenvalue weighted by Crippen LogP contribution is 2.37. The van der Waals surface area contributed by atoms with Crippen molar-refractivity contribution in [1.29, 1.82) is 0 Å². The largest absolute Gasteiger partial charge is 0.507 e. The van der Waals surface area contributed by atoms with Gasteiger partial charge in [0.25, 0.3) is 0 Å². The summed E-state index contributed by atoms with van der Waals surface area (Å²) in [7, 11) is 0. The van der Waals surface area contributed by atoms with Crippen LogP contribution in [0, 0.1) is 29.4 Å². The molecule has 0 bridgehead atoms. The van der Waals surface area contributed by atoms with Gasteiger partial charge >= 0.3 is 0 Å². The van der Waals surface area contributed by atoms with Gasteiger partial charge in [0.05, 0.1) is 6.61 Å². The maximum absolute atomic E-state index is 13.7. The second kappa shape index (κ2) is 14.7. The summed E-state index contributed by atoms with van der Waals surface area (Å²) in [5, 5.41) is 9.87. The Balaban J connectivity index is 0.000000197. The van der Waals surface area contributed by atoms with Crippen LogP contribution in [0.1, 0.15) is 63.9 Å². The monoisotopic (exact) mass is 574 g/mol. The van der Waals surface area contributed by atoms with E-state index in [1.807, 2.05) is 74.5 Å². The van der Waals surface area contributed by atoms with Crippen molar-refractivity contribution < 1.29 is 28.1 Å². The van der Waals surface area contributed by atoms with E-state index in [1.54, 1.807) is 12.1 Å². The van der Waals surface area contributed by atoms with Crippen LogP contribution in [0.5, 0.6) is 23.0 Å². The molecule has 1 fully saturated rings. The Morgan fingerprint density at radius 2 is 1.14 bits per heavy atom. The number of phenols is 1. The minimum atomic E-state index is -0.455. The van der Waals surface area contributed by atoms with Crippen LogP contribution < -0.4 is 14.2 Å². The average Bonchev–Trinajstić information content (AvgIpc) is 3.80. The van der Waals surface area contributed by atoms with E-state index >= 15 is 0 Å². The van der Waals surface area contributed by atoms with Gasteiger partial charge in [-0.2, -0.15) is 0 Å². The van der Waals surface area contributed by atoms with Gasteiger partial charge in [0, 0.05) is 23.3 Å². The number of para-hydroxylation sites is 2. The Labute approximate surface area is 247 Å². The molecule has 1 saturated carbocycles. The van der Waals surface area contributed by atoms with Gasteiger partial charge in [0.2, 0.25) is 0 Å². The lowest BCUT2D eigenvalue weighted by atomic mass is 9.97. The molecule has 0 radical (unpaired) electrons. The number of benzene rings is 4. The van der Waals surface area contributed by atoms with Crippen LogP contribution in [0.2, 0.25) is 0 Å². The molecule has 0 aliphatic heterocycles. The number of hydrogen-bond donors (Lipinski definition) is 1. The third kappa shape index (κ3) is 8.97. The Morgan fingerprint density at radius 1 is 0.667 bits per heavy atom. The SMILES string of the molecule is CC(C)[C@H](Oc1ccccc1)c1ccc(F)cc1O.CC(C)[C@H](Oc1ccccc1)c1ccc(F)cc1OCC1CC1. The molecular weight excluding hydrogens is 534 g/mol. The average molecular weight is 575 g/mol. The first-order chi connectivity index (χ1) is 20.2. The molecule has 222 valence electrons. The van der Waals surface area contributed by atoms with E-state index in [0.29, 0.717) is 23.8 Å². The van der Waals surface area contributed by atoms with Crippen molar-refractivity contribution in [2.45, 2.75) is 52.7 Å². The Bertz CT molecular complexity index is 1390.